The molecule has 0 spiro atoms. The summed E-state index contributed by atoms with van der Waals surface area (Å²) in [5, 5.41) is 10.8. The monoisotopic (exact) mass is 328 g/mol. The van der Waals surface area contributed by atoms with Crippen LogP contribution in [-0.4, -0.2) is 36.0 Å². The highest BCUT2D eigenvalue weighted by Gasteiger charge is 2.19. The third-order valence-corrected chi connectivity index (χ3v) is 2.40. The number of amides is 1. The van der Waals surface area contributed by atoms with E-state index in [-0.39, 0.29) is 25.8 Å². The van der Waals surface area contributed by atoms with E-state index in [0.29, 0.717) is 5.56 Å². The Morgan fingerprint density at radius 1 is 1.35 bits per heavy atom. The van der Waals surface area contributed by atoms with E-state index in [1.54, 1.807) is 39.1 Å². The average molecular weight is 328 g/mol. The molecule has 0 radical (unpaired) electrons. The summed E-state index contributed by atoms with van der Waals surface area (Å²) in [6, 6.07) is 3.27. The van der Waals surface area contributed by atoms with Gasteiger partial charge in [0.25, 0.3) is 12.6 Å². The van der Waals surface area contributed by atoms with Gasteiger partial charge in [0.1, 0.15) is 11.2 Å². The van der Waals surface area contributed by atoms with Gasteiger partial charge in [-0.05, 0) is 26.8 Å². The lowest BCUT2D eigenvalue weighted by Crippen LogP contribution is -2.38. The summed E-state index contributed by atoms with van der Waals surface area (Å²) < 4.78 is 11.5. The maximum absolute atomic E-state index is 11.9. The van der Waals surface area contributed by atoms with Gasteiger partial charge in [-0.2, -0.15) is 4.57 Å². The van der Waals surface area contributed by atoms with Gasteiger partial charge in [-0.3, -0.25) is 14.8 Å². The highest BCUT2D eigenvalue weighted by molar-refractivity contribution is 5.93. The summed E-state index contributed by atoms with van der Waals surface area (Å²) in [4.78, 5) is 27.8. The van der Waals surface area contributed by atoms with Crippen LogP contribution in [0.25, 0.3) is 0 Å². The number of carbonyl (C=O) groups excluding carboxylic acids is 2. The van der Waals surface area contributed by atoms with Gasteiger partial charge in [0.05, 0.1) is 6.61 Å². The van der Waals surface area contributed by atoms with Crippen LogP contribution >= 0.6 is 0 Å². The molecule has 0 fully saturated rings. The van der Waals surface area contributed by atoms with Crippen molar-refractivity contribution in [1.82, 2.24) is 11.0 Å². The van der Waals surface area contributed by atoms with Gasteiger partial charge in [-0.1, -0.05) is 5.64 Å². The topological polar surface area (TPSA) is 110 Å². The molecule has 23 heavy (non-hydrogen) atoms. The molecule has 0 saturated carbocycles. The van der Waals surface area contributed by atoms with Crippen LogP contribution < -0.4 is 15.5 Å². The summed E-state index contributed by atoms with van der Waals surface area (Å²) >= 11 is 0. The summed E-state index contributed by atoms with van der Waals surface area (Å²) in [5.41, 5.74) is 1.27. The second-order valence-corrected chi connectivity index (χ2v) is 5.54. The van der Waals surface area contributed by atoms with Gasteiger partial charge in [0, 0.05) is 12.6 Å². The quantitative estimate of drug-likeness (QED) is 0.290. The van der Waals surface area contributed by atoms with Crippen molar-refractivity contribution in [3.8, 4) is 0 Å². The van der Waals surface area contributed by atoms with Crippen LogP contribution in [0.5, 0.6) is 0 Å². The number of nitrogens with zero attached hydrogens (tertiary/aromatic N) is 1. The first-order valence-corrected chi connectivity index (χ1v) is 6.96. The molecule has 128 valence electrons. The fourth-order valence-electron chi connectivity index (χ4n) is 1.51. The third kappa shape index (κ3) is 8.10. The molecular weight excluding hydrogens is 306 g/mol. The molecule has 0 unspecified atom stereocenters. The minimum atomic E-state index is -0.784. The van der Waals surface area contributed by atoms with Crippen LogP contribution in [0.15, 0.2) is 24.5 Å². The summed E-state index contributed by atoms with van der Waals surface area (Å²) in [7, 11) is 0. The molecule has 0 aliphatic rings. The van der Waals surface area contributed by atoms with Gasteiger partial charge in [0.15, 0.2) is 12.4 Å². The molecule has 0 aliphatic heterocycles. The zero-order valence-electron chi connectivity index (χ0n) is 13.4. The van der Waals surface area contributed by atoms with Crippen molar-refractivity contribution in [3.63, 3.8) is 0 Å². The Kier molecular flexibility index (Phi) is 7.39. The first-order chi connectivity index (χ1) is 10.8. The number of carbonyl (C=O) groups is 2. The largest absolute Gasteiger partial charge is 0.513 e. The van der Waals surface area contributed by atoms with Crippen molar-refractivity contribution in [3.05, 3.63) is 30.1 Å². The van der Waals surface area contributed by atoms with Gasteiger partial charge >= 0.3 is 6.16 Å². The van der Waals surface area contributed by atoms with Crippen molar-refractivity contribution in [2.24, 2.45) is 0 Å². The highest BCUT2D eigenvalue weighted by Crippen LogP contribution is 2.07. The van der Waals surface area contributed by atoms with Crippen molar-refractivity contribution < 1.29 is 33.7 Å². The van der Waals surface area contributed by atoms with E-state index in [1.165, 1.54) is 16.4 Å². The van der Waals surface area contributed by atoms with E-state index in [1.807, 2.05) is 0 Å². The number of rotatable bonds is 7. The molecule has 0 saturated heterocycles. The second-order valence-electron chi connectivity index (χ2n) is 5.54. The summed E-state index contributed by atoms with van der Waals surface area (Å²) in [6.45, 7) is 5.47. The predicted molar refractivity (Wildman–Crippen MR) is 77.2 cm³/mol. The minimum absolute atomic E-state index is 0.0758. The van der Waals surface area contributed by atoms with Crippen molar-refractivity contribution >= 4 is 12.1 Å². The van der Waals surface area contributed by atoms with Crippen LogP contribution in [0.1, 0.15) is 31.1 Å². The summed E-state index contributed by atoms with van der Waals surface area (Å²) in [5.74, 6) is -0.321. The zero-order valence-corrected chi connectivity index (χ0v) is 13.4. The Bertz CT molecular complexity index is 529. The van der Waals surface area contributed by atoms with Gasteiger partial charge < -0.3 is 14.8 Å². The van der Waals surface area contributed by atoms with Crippen molar-refractivity contribution in [2.75, 3.05) is 13.2 Å². The number of aromatic nitrogens is 1. The van der Waals surface area contributed by atoms with Gasteiger partial charge in [0.2, 0.25) is 0 Å². The molecule has 1 amide bonds. The molecule has 1 rings (SSSR count). The maximum Gasteiger partial charge on any atom is 0.513 e. The Balaban J connectivity index is 2.49. The van der Waals surface area contributed by atoms with Gasteiger partial charge in [-0.25, -0.2) is 4.79 Å². The summed E-state index contributed by atoms with van der Waals surface area (Å²) in [6.07, 6.45) is 2.40. The predicted octanol–water partition coefficient (Wildman–Crippen LogP) is 0.524. The fraction of sp³-hybridized carbons (Fsp3) is 0.500. The normalized spacial score (nSPS) is 11.0. The molecule has 0 bridgehead atoms. The number of nitrogens with one attached hydrogen (secondary N) is 2. The van der Waals surface area contributed by atoms with Crippen molar-refractivity contribution in [2.45, 2.75) is 33.1 Å². The number of hydrogen-bond acceptors (Lipinski definition) is 7. The molecule has 1 aromatic heterocycles. The molecule has 1 aromatic rings. The molecule has 0 aromatic carbocycles. The van der Waals surface area contributed by atoms with Crippen LogP contribution in [0.3, 0.4) is 0 Å². The van der Waals surface area contributed by atoms with E-state index >= 15 is 0 Å². The lowest BCUT2D eigenvalue weighted by molar-refractivity contribution is -0.728. The minimum Gasteiger partial charge on any atom is -0.428 e. The lowest BCUT2D eigenvalue weighted by atomic mass is 10.2. The van der Waals surface area contributed by atoms with E-state index in [2.05, 4.69) is 10.2 Å². The van der Waals surface area contributed by atoms with Gasteiger partial charge in [-0.15, -0.1) is 0 Å². The third-order valence-electron chi connectivity index (χ3n) is 2.40. The number of pyridine rings is 1. The Labute approximate surface area is 134 Å². The van der Waals surface area contributed by atoms with Crippen LogP contribution in [0, 0.1) is 0 Å². The molecule has 9 nitrogen and oxygen atoms in total. The molecule has 0 aliphatic carbocycles. The number of hydrogen-bond donors (Lipinski definition) is 3. The first kappa shape index (κ1) is 18.8. The van der Waals surface area contributed by atoms with Crippen molar-refractivity contribution in [1.29, 1.82) is 0 Å². The molecule has 0 atom stereocenters. The lowest BCUT2D eigenvalue weighted by Gasteiger charge is -2.17. The van der Waals surface area contributed by atoms with Crippen LogP contribution in [0.4, 0.5) is 4.79 Å². The maximum atomic E-state index is 11.9. The molecule has 1 heterocycles. The van der Waals surface area contributed by atoms with E-state index in [9.17, 15) is 9.59 Å². The molecular formula is C14H22N3O6+. The number of ether oxygens (including phenoxy) is 2. The zero-order chi connectivity index (χ0) is 17.3. The second kappa shape index (κ2) is 9.03. The first-order valence-electron chi connectivity index (χ1n) is 6.96. The Morgan fingerprint density at radius 3 is 2.74 bits per heavy atom. The van der Waals surface area contributed by atoms with E-state index in [4.69, 9.17) is 14.7 Å². The smallest absolute Gasteiger partial charge is 0.428 e. The molecule has 9 heteroatoms. The fourth-order valence-corrected chi connectivity index (χ4v) is 1.51. The molecule has 3 N–H and O–H groups in total. The van der Waals surface area contributed by atoms with E-state index in [0.717, 1.165) is 0 Å². The SMILES string of the molecule is CC(C)(C)OC(=O)OC[n+]1cccc(C(=O)NCCONO)c1. The Morgan fingerprint density at radius 2 is 2.09 bits per heavy atom. The van der Waals surface area contributed by atoms with E-state index < -0.39 is 11.8 Å². The Hall–Kier alpha value is -2.23. The highest BCUT2D eigenvalue weighted by atomic mass is 16.8. The van der Waals surface area contributed by atoms with Crippen LogP contribution in [0.2, 0.25) is 0 Å². The average Bonchev–Trinajstić information content (AvgIpc) is 2.48. The standard InChI is InChI=1S/C14H21N3O6/c1-14(2,3)23-13(19)21-10-17-7-4-5-11(9-17)12(18)15-6-8-22-16-20/h4-5,7,9,16,20H,6,8,10H2,1-3H3/p+1. The van der Waals surface area contributed by atoms with Crippen LogP contribution in [-0.2, 0) is 21.0 Å².